The number of benzene rings is 1. The molecule has 0 aromatic heterocycles. The lowest BCUT2D eigenvalue weighted by Crippen LogP contribution is -2.26. The van der Waals surface area contributed by atoms with Gasteiger partial charge in [0.05, 0.1) is 22.5 Å². The lowest BCUT2D eigenvalue weighted by atomic mass is 10.1. The van der Waals surface area contributed by atoms with Crippen molar-refractivity contribution in [3.05, 3.63) is 29.3 Å². The molecule has 0 fully saturated rings. The van der Waals surface area contributed by atoms with Crippen LogP contribution in [0.5, 0.6) is 5.75 Å². The van der Waals surface area contributed by atoms with Crippen LogP contribution in [-0.2, 0) is 16.7 Å². The van der Waals surface area contributed by atoms with Gasteiger partial charge in [0, 0.05) is 17.5 Å². The second-order valence-electron chi connectivity index (χ2n) is 5.66. The summed E-state index contributed by atoms with van der Waals surface area (Å²) in [6.45, 7) is 10.7. The SMILES string of the molecule is COc1cc(CBr)ccc1COCC(C)(C)[Si](C)C. The highest BCUT2D eigenvalue weighted by Crippen LogP contribution is 2.29. The largest absolute Gasteiger partial charge is 0.496 e. The number of alkyl halides is 1. The molecular formula is C15H24BrO2Si. The third-order valence-corrected chi connectivity index (χ3v) is 7.08. The molecule has 0 heterocycles. The zero-order chi connectivity index (χ0) is 14.5. The van der Waals surface area contributed by atoms with Gasteiger partial charge in [0.25, 0.3) is 0 Å². The molecule has 1 aromatic rings. The topological polar surface area (TPSA) is 18.5 Å². The average molecular weight is 344 g/mol. The molecule has 4 heteroatoms. The first-order valence-electron chi connectivity index (χ1n) is 6.51. The fraction of sp³-hybridized carbons (Fsp3) is 0.600. The maximum absolute atomic E-state index is 5.90. The van der Waals surface area contributed by atoms with E-state index in [1.54, 1.807) is 7.11 Å². The second kappa shape index (κ2) is 7.46. The maximum atomic E-state index is 5.90. The molecule has 19 heavy (non-hydrogen) atoms. The van der Waals surface area contributed by atoms with Crippen LogP contribution in [0.2, 0.25) is 18.1 Å². The molecular weight excluding hydrogens is 320 g/mol. The Morgan fingerprint density at radius 1 is 1.26 bits per heavy atom. The van der Waals surface area contributed by atoms with E-state index in [-0.39, 0.29) is 8.80 Å². The summed E-state index contributed by atoms with van der Waals surface area (Å²) in [6.07, 6.45) is 0. The van der Waals surface area contributed by atoms with Crippen LogP contribution in [0, 0.1) is 0 Å². The summed E-state index contributed by atoms with van der Waals surface area (Å²) in [5, 5.41) is 1.14. The summed E-state index contributed by atoms with van der Waals surface area (Å²) in [7, 11) is 1.36. The Morgan fingerprint density at radius 3 is 2.47 bits per heavy atom. The third kappa shape index (κ3) is 4.93. The van der Waals surface area contributed by atoms with Gasteiger partial charge in [-0.15, -0.1) is 0 Å². The van der Waals surface area contributed by atoms with E-state index in [0.29, 0.717) is 11.6 Å². The first kappa shape index (κ1) is 16.7. The average Bonchev–Trinajstić information content (AvgIpc) is 2.38. The maximum Gasteiger partial charge on any atom is 0.124 e. The van der Waals surface area contributed by atoms with Gasteiger partial charge in [-0.2, -0.15) is 0 Å². The molecule has 2 nitrogen and oxygen atoms in total. The van der Waals surface area contributed by atoms with E-state index in [2.05, 4.69) is 61.1 Å². The van der Waals surface area contributed by atoms with E-state index in [1.165, 1.54) is 5.56 Å². The summed E-state index contributed by atoms with van der Waals surface area (Å²) in [5.74, 6) is 0.910. The Hall–Kier alpha value is -0.323. The van der Waals surface area contributed by atoms with Gasteiger partial charge in [-0.05, 0) is 16.7 Å². The summed E-state index contributed by atoms with van der Waals surface area (Å²) in [4.78, 5) is 0. The van der Waals surface area contributed by atoms with Crippen LogP contribution in [0.1, 0.15) is 25.0 Å². The zero-order valence-electron chi connectivity index (χ0n) is 12.5. The summed E-state index contributed by atoms with van der Waals surface area (Å²) in [5.41, 5.74) is 2.33. The van der Waals surface area contributed by atoms with Crippen LogP contribution < -0.4 is 4.74 Å². The number of hydrogen-bond acceptors (Lipinski definition) is 2. The van der Waals surface area contributed by atoms with Crippen molar-refractivity contribution in [2.24, 2.45) is 0 Å². The Morgan fingerprint density at radius 2 is 1.95 bits per heavy atom. The van der Waals surface area contributed by atoms with Gasteiger partial charge in [0.1, 0.15) is 5.75 Å². The molecule has 107 valence electrons. The molecule has 1 radical (unpaired) electrons. The van der Waals surface area contributed by atoms with Gasteiger partial charge in [0.15, 0.2) is 0 Å². The van der Waals surface area contributed by atoms with Crippen molar-refractivity contribution in [3.63, 3.8) is 0 Å². The van der Waals surface area contributed by atoms with E-state index in [9.17, 15) is 0 Å². The highest BCUT2D eigenvalue weighted by atomic mass is 79.9. The van der Waals surface area contributed by atoms with Crippen molar-refractivity contribution in [2.75, 3.05) is 13.7 Å². The van der Waals surface area contributed by atoms with Crippen LogP contribution in [0.4, 0.5) is 0 Å². The lowest BCUT2D eigenvalue weighted by molar-refractivity contribution is 0.0990. The van der Waals surface area contributed by atoms with Gasteiger partial charge in [-0.25, -0.2) is 0 Å². The second-order valence-corrected chi connectivity index (χ2v) is 9.57. The Labute approximate surface area is 127 Å². The van der Waals surface area contributed by atoms with Gasteiger partial charge in [-0.1, -0.05) is 55.0 Å². The highest BCUT2D eigenvalue weighted by Gasteiger charge is 2.23. The molecule has 0 amide bonds. The van der Waals surface area contributed by atoms with Crippen molar-refractivity contribution in [3.8, 4) is 5.75 Å². The van der Waals surface area contributed by atoms with Gasteiger partial charge < -0.3 is 9.47 Å². The quantitative estimate of drug-likeness (QED) is 0.530. The van der Waals surface area contributed by atoms with Gasteiger partial charge in [0.2, 0.25) is 0 Å². The third-order valence-electron chi connectivity index (χ3n) is 3.58. The molecule has 0 saturated carbocycles. The fourth-order valence-electron chi connectivity index (χ4n) is 1.55. The number of methoxy groups -OCH3 is 1. The van der Waals surface area contributed by atoms with Crippen molar-refractivity contribution in [1.82, 2.24) is 0 Å². The van der Waals surface area contributed by atoms with Gasteiger partial charge >= 0.3 is 0 Å². The minimum atomic E-state index is -0.353. The summed E-state index contributed by atoms with van der Waals surface area (Å²) >= 11 is 3.46. The molecule has 1 aromatic carbocycles. The molecule has 0 atom stereocenters. The zero-order valence-corrected chi connectivity index (χ0v) is 15.1. The molecule has 0 aliphatic carbocycles. The Bertz CT molecular complexity index is 405. The van der Waals surface area contributed by atoms with E-state index >= 15 is 0 Å². The fourth-order valence-corrected chi connectivity index (χ4v) is 2.29. The molecule has 0 bridgehead atoms. The van der Waals surface area contributed by atoms with Crippen LogP contribution in [-0.4, -0.2) is 22.5 Å². The van der Waals surface area contributed by atoms with Crippen molar-refractivity contribution < 1.29 is 9.47 Å². The first-order chi connectivity index (χ1) is 8.90. The number of rotatable bonds is 7. The van der Waals surface area contributed by atoms with Crippen molar-refractivity contribution >= 4 is 24.7 Å². The van der Waals surface area contributed by atoms with Crippen molar-refractivity contribution in [1.29, 1.82) is 0 Å². The highest BCUT2D eigenvalue weighted by molar-refractivity contribution is 9.08. The van der Waals surface area contributed by atoms with Crippen LogP contribution >= 0.6 is 15.9 Å². The van der Waals surface area contributed by atoms with Gasteiger partial charge in [-0.3, -0.25) is 0 Å². The van der Waals surface area contributed by atoms with Crippen LogP contribution in [0.25, 0.3) is 0 Å². The Balaban J connectivity index is 2.63. The minimum Gasteiger partial charge on any atom is -0.496 e. The van der Waals surface area contributed by atoms with E-state index < -0.39 is 0 Å². The van der Waals surface area contributed by atoms with E-state index in [4.69, 9.17) is 9.47 Å². The van der Waals surface area contributed by atoms with E-state index in [1.807, 2.05) is 0 Å². The number of halogens is 1. The normalized spacial score (nSPS) is 11.9. The molecule has 1 rings (SSSR count). The van der Waals surface area contributed by atoms with Crippen LogP contribution in [0.3, 0.4) is 0 Å². The first-order valence-corrected chi connectivity index (χ1v) is 10.1. The minimum absolute atomic E-state index is 0.299. The van der Waals surface area contributed by atoms with Crippen molar-refractivity contribution in [2.45, 2.75) is 43.9 Å². The smallest absolute Gasteiger partial charge is 0.124 e. The number of hydrogen-bond donors (Lipinski definition) is 0. The molecule has 0 spiro atoms. The molecule has 0 saturated heterocycles. The monoisotopic (exact) mass is 343 g/mol. The predicted octanol–water partition coefficient (Wildman–Crippen LogP) is 4.64. The lowest BCUT2D eigenvalue weighted by Gasteiger charge is -2.27. The molecule has 0 unspecified atom stereocenters. The Kier molecular flexibility index (Phi) is 6.57. The number of ether oxygens (including phenoxy) is 2. The molecule has 0 aliphatic rings. The van der Waals surface area contributed by atoms with Crippen LogP contribution in [0.15, 0.2) is 18.2 Å². The molecule has 0 aliphatic heterocycles. The summed E-state index contributed by atoms with van der Waals surface area (Å²) in [6, 6.07) is 6.26. The summed E-state index contributed by atoms with van der Waals surface area (Å²) < 4.78 is 11.3. The standard InChI is InChI=1S/C15H24BrO2Si/c1-15(2,19(4)5)11-18-10-13-7-6-12(9-16)8-14(13)17-3/h6-8H,9-11H2,1-5H3. The van der Waals surface area contributed by atoms with E-state index in [0.717, 1.165) is 23.2 Å². The molecule has 0 N–H and O–H groups in total. The predicted molar refractivity (Wildman–Crippen MR) is 86.8 cm³/mol.